The standard InChI is InChI=1S/C25H22F2N6O2S/c1-15-22(36-23(31-15)18-6-4-17(11-28)5-7-18)24(34)32(3)16(2)25(35,12-33-14-29-13-30-33)20-9-8-19(26)10-21(20)27/h4-10,13-14,16,35H,12H2,1-3H3/t16-,25-/m1/s1. The average molecular weight is 509 g/mol. The summed E-state index contributed by atoms with van der Waals surface area (Å²) >= 11 is 1.18. The lowest BCUT2D eigenvalue weighted by molar-refractivity contribution is -0.0499. The van der Waals surface area contributed by atoms with Gasteiger partial charge in [0, 0.05) is 24.2 Å². The van der Waals surface area contributed by atoms with Gasteiger partial charge in [-0.2, -0.15) is 10.4 Å². The molecular formula is C25H22F2N6O2S. The number of nitrogens with zero attached hydrogens (tertiary/aromatic N) is 6. The molecule has 184 valence electrons. The number of thiazole rings is 1. The fourth-order valence-corrected chi connectivity index (χ4v) is 4.96. The molecule has 0 radical (unpaired) electrons. The number of hydrogen-bond acceptors (Lipinski definition) is 7. The van der Waals surface area contributed by atoms with Gasteiger partial charge in [0.1, 0.15) is 39.8 Å². The molecule has 8 nitrogen and oxygen atoms in total. The highest BCUT2D eigenvalue weighted by Gasteiger charge is 2.43. The smallest absolute Gasteiger partial charge is 0.265 e. The molecule has 0 aliphatic rings. The number of hydrogen-bond donors (Lipinski definition) is 1. The van der Waals surface area contributed by atoms with Crippen LogP contribution in [0.4, 0.5) is 8.78 Å². The summed E-state index contributed by atoms with van der Waals surface area (Å²) in [5.41, 5.74) is -0.378. The van der Waals surface area contributed by atoms with Gasteiger partial charge in [-0.1, -0.05) is 18.2 Å². The molecule has 0 saturated carbocycles. The van der Waals surface area contributed by atoms with E-state index in [4.69, 9.17) is 5.26 Å². The third kappa shape index (κ3) is 4.73. The zero-order valence-corrected chi connectivity index (χ0v) is 20.5. The Labute approximate surface area is 210 Å². The number of likely N-dealkylation sites (N-methyl/N-ethyl adjacent to an activating group) is 1. The van der Waals surface area contributed by atoms with Gasteiger partial charge in [0.05, 0.1) is 29.9 Å². The topological polar surface area (TPSA) is 108 Å². The minimum absolute atomic E-state index is 0.175. The van der Waals surface area contributed by atoms with Crippen molar-refractivity contribution in [1.29, 1.82) is 5.26 Å². The first-order chi connectivity index (χ1) is 17.1. The van der Waals surface area contributed by atoms with Gasteiger partial charge < -0.3 is 10.0 Å². The van der Waals surface area contributed by atoms with Crippen LogP contribution in [0.2, 0.25) is 0 Å². The van der Waals surface area contributed by atoms with Crippen LogP contribution in [0.25, 0.3) is 10.6 Å². The first-order valence-corrected chi connectivity index (χ1v) is 11.7. The molecule has 0 bridgehead atoms. The molecule has 1 N–H and O–H groups in total. The Morgan fingerprint density at radius 2 is 2.00 bits per heavy atom. The molecule has 4 aromatic rings. The van der Waals surface area contributed by atoms with Crippen LogP contribution >= 0.6 is 11.3 Å². The summed E-state index contributed by atoms with van der Waals surface area (Å²) < 4.78 is 29.8. The highest BCUT2D eigenvalue weighted by atomic mass is 32.1. The fraction of sp³-hybridized carbons (Fsp3) is 0.240. The maximum absolute atomic E-state index is 14.9. The summed E-state index contributed by atoms with van der Waals surface area (Å²) in [5, 5.41) is 25.4. The SMILES string of the molecule is Cc1nc(-c2ccc(C#N)cc2)sc1C(=O)N(C)[C@H](C)[C@](O)(Cn1cncn1)c1ccc(F)cc1F. The molecule has 0 fully saturated rings. The van der Waals surface area contributed by atoms with Gasteiger partial charge in [-0.3, -0.25) is 4.79 Å². The van der Waals surface area contributed by atoms with E-state index in [1.807, 2.05) is 0 Å². The van der Waals surface area contributed by atoms with Crippen LogP contribution in [0.3, 0.4) is 0 Å². The Morgan fingerprint density at radius 1 is 1.28 bits per heavy atom. The second-order valence-electron chi connectivity index (χ2n) is 8.36. The Balaban J connectivity index is 1.68. The summed E-state index contributed by atoms with van der Waals surface area (Å²) in [5.74, 6) is -2.15. The molecule has 36 heavy (non-hydrogen) atoms. The summed E-state index contributed by atoms with van der Waals surface area (Å²) in [6.45, 7) is 3.05. The van der Waals surface area contributed by atoms with Crippen molar-refractivity contribution in [2.75, 3.05) is 7.05 Å². The Morgan fingerprint density at radius 3 is 2.61 bits per heavy atom. The molecule has 4 rings (SSSR count). The lowest BCUT2D eigenvalue weighted by Crippen LogP contribution is -2.52. The Hall–Kier alpha value is -4.01. The van der Waals surface area contributed by atoms with Gasteiger partial charge in [0.2, 0.25) is 0 Å². The van der Waals surface area contributed by atoms with Crippen molar-refractivity contribution in [3.05, 3.63) is 88.5 Å². The molecule has 0 saturated heterocycles. The van der Waals surface area contributed by atoms with E-state index in [2.05, 4.69) is 21.1 Å². The summed E-state index contributed by atoms with van der Waals surface area (Å²) in [6.07, 6.45) is 2.63. The number of aliphatic hydroxyl groups is 1. The van der Waals surface area contributed by atoms with E-state index in [-0.39, 0.29) is 12.1 Å². The predicted molar refractivity (Wildman–Crippen MR) is 129 cm³/mol. The number of rotatable bonds is 7. The molecule has 2 aromatic heterocycles. The maximum Gasteiger partial charge on any atom is 0.265 e. The lowest BCUT2D eigenvalue weighted by atomic mass is 9.85. The van der Waals surface area contributed by atoms with Gasteiger partial charge in [-0.05, 0) is 32.0 Å². The van der Waals surface area contributed by atoms with Crippen LogP contribution in [0.5, 0.6) is 0 Å². The number of aromatic nitrogens is 4. The van der Waals surface area contributed by atoms with Gasteiger partial charge in [-0.15, -0.1) is 11.3 Å². The number of carbonyl (C=O) groups is 1. The van der Waals surface area contributed by atoms with Crippen molar-refractivity contribution < 1.29 is 18.7 Å². The third-order valence-corrected chi connectivity index (χ3v) is 7.31. The predicted octanol–water partition coefficient (Wildman–Crippen LogP) is 3.91. The van der Waals surface area contributed by atoms with E-state index in [1.54, 1.807) is 38.1 Å². The molecule has 0 aliphatic carbocycles. The number of aryl methyl sites for hydroxylation is 1. The van der Waals surface area contributed by atoms with Crippen LogP contribution in [0, 0.1) is 29.9 Å². The zero-order valence-electron chi connectivity index (χ0n) is 19.7. The van der Waals surface area contributed by atoms with Crippen LogP contribution in [-0.4, -0.2) is 48.8 Å². The molecule has 0 unspecified atom stereocenters. The molecule has 2 aromatic carbocycles. The summed E-state index contributed by atoms with van der Waals surface area (Å²) in [6, 6.07) is 10.8. The van der Waals surface area contributed by atoms with Crippen molar-refractivity contribution in [2.45, 2.75) is 32.0 Å². The van der Waals surface area contributed by atoms with Gasteiger partial charge in [-0.25, -0.2) is 23.4 Å². The molecular weight excluding hydrogens is 486 g/mol. The fourth-order valence-electron chi connectivity index (χ4n) is 3.91. The molecule has 0 aliphatic heterocycles. The van der Waals surface area contributed by atoms with Gasteiger partial charge in [0.15, 0.2) is 0 Å². The molecule has 11 heteroatoms. The van der Waals surface area contributed by atoms with Crippen molar-refractivity contribution in [3.8, 4) is 16.6 Å². The first kappa shape index (κ1) is 25.1. The van der Waals surface area contributed by atoms with E-state index in [1.165, 1.54) is 40.6 Å². The van der Waals surface area contributed by atoms with E-state index < -0.39 is 29.2 Å². The quantitative estimate of drug-likeness (QED) is 0.406. The number of amides is 1. The third-order valence-electron chi connectivity index (χ3n) is 6.11. The van der Waals surface area contributed by atoms with Crippen molar-refractivity contribution in [3.63, 3.8) is 0 Å². The van der Waals surface area contributed by atoms with Crippen LogP contribution < -0.4 is 0 Å². The summed E-state index contributed by atoms with van der Waals surface area (Å²) in [7, 11) is 1.50. The average Bonchev–Trinajstić information content (AvgIpc) is 3.52. The molecule has 0 spiro atoms. The monoisotopic (exact) mass is 508 g/mol. The largest absolute Gasteiger partial charge is 0.381 e. The highest BCUT2D eigenvalue weighted by molar-refractivity contribution is 7.17. The van der Waals surface area contributed by atoms with Crippen molar-refractivity contribution in [1.82, 2.24) is 24.6 Å². The number of carbonyl (C=O) groups excluding carboxylic acids is 1. The second kappa shape index (κ2) is 9.93. The minimum Gasteiger partial charge on any atom is -0.381 e. The van der Waals surface area contributed by atoms with Gasteiger partial charge >= 0.3 is 0 Å². The van der Waals surface area contributed by atoms with Gasteiger partial charge in [0.25, 0.3) is 5.91 Å². The van der Waals surface area contributed by atoms with E-state index >= 15 is 0 Å². The lowest BCUT2D eigenvalue weighted by Gasteiger charge is -2.39. The molecule has 1 amide bonds. The summed E-state index contributed by atoms with van der Waals surface area (Å²) in [4.78, 5) is 23.6. The van der Waals surface area contributed by atoms with Crippen LogP contribution in [-0.2, 0) is 12.1 Å². The first-order valence-electron chi connectivity index (χ1n) is 10.9. The zero-order chi connectivity index (χ0) is 26.0. The molecule has 2 heterocycles. The van der Waals surface area contributed by atoms with E-state index in [0.717, 1.165) is 17.7 Å². The number of benzene rings is 2. The van der Waals surface area contributed by atoms with Crippen molar-refractivity contribution in [2.24, 2.45) is 0 Å². The van der Waals surface area contributed by atoms with E-state index in [9.17, 15) is 18.7 Å². The Kier molecular flexibility index (Phi) is 6.92. The van der Waals surface area contributed by atoms with Crippen LogP contribution in [0.15, 0.2) is 55.1 Å². The minimum atomic E-state index is -1.97. The second-order valence-corrected chi connectivity index (χ2v) is 9.36. The Bertz CT molecular complexity index is 1430. The number of nitriles is 1. The molecule has 2 atom stereocenters. The van der Waals surface area contributed by atoms with Crippen molar-refractivity contribution >= 4 is 17.2 Å². The van der Waals surface area contributed by atoms with Crippen LogP contribution in [0.1, 0.15) is 33.4 Å². The normalized spacial score (nSPS) is 13.6. The maximum atomic E-state index is 14.9. The highest BCUT2D eigenvalue weighted by Crippen LogP contribution is 2.34. The number of halogens is 2. The van der Waals surface area contributed by atoms with E-state index in [0.29, 0.717) is 27.2 Å².